The van der Waals surface area contributed by atoms with Crippen molar-refractivity contribution < 1.29 is 26.2 Å². The van der Waals surface area contributed by atoms with Crippen molar-refractivity contribution in [2.45, 2.75) is 20.3 Å². The van der Waals surface area contributed by atoms with Crippen LogP contribution in [0.15, 0.2) is 17.2 Å². The van der Waals surface area contributed by atoms with Crippen LogP contribution >= 0.6 is 0 Å². The van der Waals surface area contributed by atoms with Crippen LogP contribution in [0.5, 0.6) is 0 Å². The molecule has 0 aliphatic heterocycles. The molecule has 1 rings (SSSR count). The fourth-order valence-corrected chi connectivity index (χ4v) is 0.620. The maximum Gasteiger partial charge on any atom is 0 e. The van der Waals surface area contributed by atoms with E-state index in [2.05, 4.69) is 26.0 Å². The zero-order valence-electron chi connectivity index (χ0n) is 5.28. The van der Waals surface area contributed by atoms with Gasteiger partial charge in [0.15, 0.2) is 0 Å². The van der Waals surface area contributed by atoms with E-state index < -0.39 is 0 Å². The SMILES string of the molecule is CC1=C(C)C[C-]=C1.[Zr]. The number of rotatable bonds is 0. The Morgan fingerprint density at radius 1 is 1.50 bits per heavy atom. The van der Waals surface area contributed by atoms with Gasteiger partial charge in [0.1, 0.15) is 0 Å². The molecule has 0 bridgehead atoms. The van der Waals surface area contributed by atoms with Gasteiger partial charge in [-0.15, -0.1) is 13.3 Å². The molecular formula is C7H9Zr-. The van der Waals surface area contributed by atoms with E-state index in [0.717, 1.165) is 6.42 Å². The summed E-state index contributed by atoms with van der Waals surface area (Å²) in [6, 6.07) is 0. The molecule has 0 aromatic carbocycles. The van der Waals surface area contributed by atoms with Crippen LogP contribution in [0.3, 0.4) is 0 Å². The van der Waals surface area contributed by atoms with Crippen LogP contribution in [0.1, 0.15) is 20.3 Å². The van der Waals surface area contributed by atoms with Crippen molar-refractivity contribution in [3.05, 3.63) is 23.3 Å². The molecule has 0 aromatic rings. The summed E-state index contributed by atoms with van der Waals surface area (Å²) in [6.45, 7) is 4.27. The second kappa shape index (κ2) is 3.40. The normalized spacial score (nSPS) is 16.8. The third-order valence-electron chi connectivity index (χ3n) is 1.36. The number of allylic oxidation sites excluding steroid dienone is 4. The first-order chi connectivity index (χ1) is 3.30. The van der Waals surface area contributed by atoms with Gasteiger partial charge in [-0.25, -0.2) is 11.6 Å². The third kappa shape index (κ3) is 1.70. The van der Waals surface area contributed by atoms with Gasteiger partial charge in [-0.2, -0.15) is 5.57 Å². The van der Waals surface area contributed by atoms with Gasteiger partial charge in [-0.1, -0.05) is 6.92 Å². The molecule has 0 N–H and O–H groups in total. The molecule has 0 saturated heterocycles. The second-order valence-corrected chi connectivity index (χ2v) is 1.99. The molecule has 0 unspecified atom stereocenters. The van der Waals surface area contributed by atoms with E-state index in [9.17, 15) is 0 Å². The Hall–Kier alpha value is 0.363. The zero-order valence-corrected chi connectivity index (χ0v) is 7.74. The maximum atomic E-state index is 3.12. The van der Waals surface area contributed by atoms with Crippen LogP contribution in [0.4, 0.5) is 0 Å². The van der Waals surface area contributed by atoms with Crippen molar-refractivity contribution in [1.29, 1.82) is 0 Å². The Bertz CT molecular complexity index is 131. The molecule has 0 amide bonds. The molecule has 0 radical (unpaired) electrons. The molecule has 0 atom stereocenters. The maximum absolute atomic E-state index is 3.12. The van der Waals surface area contributed by atoms with Gasteiger partial charge in [-0.05, 0) is 0 Å². The average molecular weight is 184 g/mol. The summed E-state index contributed by atoms with van der Waals surface area (Å²) in [4.78, 5) is 0. The van der Waals surface area contributed by atoms with E-state index in [-0.39, 0.29) is 26.2 Å². The third-order valence-corrected chi connectivity index (χ3v) is 1.36. The minimum atomic E-state index is 0. The van der Waals surface area contributed by atoms with Gasteiger partial charge in [-0.3, -0.25) is 6.08 Å². The minimum Gasteiger partial charge on any atom is -0.272 e. The van der Waals surface area contributed by atoms with E-state index in [1.165, 1.54) is 11.1 Å². The van der Waals surface area contributed by atoms with Crippen LogP contribution in [-0.2, 0) is 26.2 Å². The van der Waals surface area contributed by atoms with Crippen molar-refractivity contribution >= 4 is 0 Å². The molecule has 1 aliphatic carbocycles. The van der Waals surface area contributed by atoms with E-state index >= 15 is 0 Å². The summed E-state index contributed by atoms with van der Waals surface area (Å²) in [5.74, 6) is 0. The van der Waals surface area contributed by atoms with Crippen molar-refractivity contribution in [2.75, 3.05) is 0 Å². The van der Waals surface area contributed by atoms with E-state index in [1.807, 2.05) is 0 Å². The molecule has 1 heteroatoms. The molecule has 0 fully saturated rings. The predicted octanol–water partition coefficient (Wildman–Crippen LogP) is 2.08. The monoisotopic (exact) mass is 183 g/mol. The smallest absolute Gasteiger partial charge is 0 e. The van der Waals surface area contributed by atoms with E-state index in [4.69, 9.17) is 0 Å². The number of hydrogen-bond acceptors (Lipinski definition) is 0. The van der Waals surface area contributed by atoms with Crippen molar-refractivity contribution in [3.8, 4) is 0 Å². The van der Waals surface area contributed by atoms with E-state index in [0.29, 0.717) is 0 Å². The molecule has 0 heterocycles. The minimum absolute atomic E-state index is 0. The summed E-state index contributed by atoms with van der Waals surface area (Å²) in [5.41, 5.74) is 2.85. The summed E-state index contributed by atoms with van der Waals surface area (Å²) in [5, 5.41) is 0. The summed E-state index contributed by atoms with van der Waals surface area (Å²) >= 11 is 0. The van der Waals surface area contributed by atoms with Crippen LogP contribution in [0.2, 0.25) is 0 Å². The molecule has 42 valence electrons. The van der Waals surface area contributed by atoms with Gasteiger partial charge in [0.2, 0.25) is 0 Å². The molecular weight excluding hydrogens is 175 g/mol. The summed E-state index contributed by atoms with van der Waals surface area (Å²) in [6.07, 6.45) is 6.22. The average Bonchev–Trinajstić information content (AvgIpc) is 1.91. The van der Waals surface area contributed by atoms with Crippen LogP contribution in [0, 0.1) is 6.08 Å². The van der Waals surface area contributed by atoms with Gasteiger partial charge in [0, 0.05) is 26.2 Å². The van der Waals surface area contributed by atoms with E-state index in [1.54, 1.807) is 0 Å². The van der Waals surface area contributed by atoms with Crippen molar-refractivity contribution in [1.82, 2.24) is 0 Å². The van der Waals surface area contributed by atoms with Crippen molar-refractivity contribution in [3.63, 3.8) is 0 Å². The van der Waals surface area contributed by atoms with Gasteiger partial charge in [0.25, 0.3) is 0 Å². The van der Waals surface area contributed by atoms with Crippen molar-refractivity contribution in [2.24, 2.45) is 0 Å². The fourth-order valence-electron chi connectivity index (χ4n) is 0.620. The Balaban J connectivity index is 0.000000490. The predicted molar refractivity (Wildman–Crippen MR) is 30.8 cm³/mol. The molecule has 0 nitrogen and oxygen atoms in total. The van der Waals surface area contributed by atoms with Gasteiger partial charge >= 0.3 is 0 Å². The zero-order chi connectivity index (χ0) is 5.28. The Morgan fingerprint density at radius 2 is 2.12 bits per heavy atom. The molecule has 8 heavy (non-hydrogen) atoms. The first kappa shape index (κ1) is 8.36. The van der Waals surface area contributed by atoms with Crippen LogP contribution < -0.4 is 0 Å². The Morgan fingerprint density at radius 3 is 2.25 bits per heavy atom. The topological polar surface area (TPSA) is 0 Å². The second-order valence-electron chi connectivity index (χ2n) is 1.99. The first-order valence-corrected chi connectivity index (χ1v) is 2.53. The van der Waals surface area contributed by atoms with Crippen LogP contribution in [-0.4, -0.2) is 0 Å². The first-order valence-electron chi connectivity index (χ1n) is 2.53. The molecule has 0 spiro atoms. The number of hydrogen-bond donors (Lipinski definition) is 0. The molecule has 1 aliphatic rings. The molecule has 0 saturated carbocycles. The van der Waals surface area contributed by atoms with Gasteiger partial charge < -0.3 is 0 Å². The Kier molecular flexibility index (Phi) is 3.55. The summed E-state index contributed by atoms with van der Waals surface area (Å²) < 4.78 is 0. The standard InChI is InChI=1S/C7H9.Zr/c1-6-4-3-5-7(6)2;/h4H,5H2,1-2H3;/q-1;. The van der Waals surface area contributed by atoms with Crippen LogP contribution in [0.25, 0.3) is 0 Å². The Labute approximate surface area is 69.8 Å². The molecule has 0 aromatic heterocycles. The quantitative estimate of drug-likeness (QED) is 0.506. The largest absolute Gasteiger partial charge is 0.272 e. The van der Waals surface area contributed by atoms with Gasteiger partial charge in [0.05, 0.1) is 0 Å². The fraction of sp³-hybridized carbons (Fsp3) is 0.429. The summed E-state index contributed by atoms with van der Waals surface area (Å²) in [7, 11) is 0.